The number of carbonyl (C=O) groups excluding carboxylic acids is 3. The largest absolute Gasteiger partial charge is 0.469 e. The number of esters is 3. The van der Waals surface area contributed by atoms with Gasteiger partial charge in [0.1, 0.15) is 6.10 Å². The maximum Gasteiger partial charge on any atom is 0.338 e. The van der Waals surface area contributed by atoms with Crippen molar-refractivity contribution in [2.24, 2.45) is 23.7 Å². The van der Waals surface area contributed by atoms with Crippen LogP contribution in [0.25, 0.3) is 0 Å². The van der Waals surface area contributed by atoms with Crippen molar-refractivity contribution in [2.45, 2.75) is 31.8 Å². The second-order valence-corrected chi connectivity index (χ2v) is 6.99. The van der Waals surface area contributed by atoms with E-state index in [1.165, 1.54) is 14.2 Å². The van der Waals surface area contributed by atoms with E-state index in [1.807, 2.05) is 6.07 Å². The maximum atomic E-state index is 12.6. The Balaban J connectivity index is 1.89. The Kier molecular flexibility index (Phi) is 5.59. The Labute approximate surface area is 152 Å². The van der Waals surface area contributed by atoms with E-state index in [4.69, 9.17) is 14.2 Å². The van der Waals surface area contributed by atoms with E-state index >= 15 is 0 Å². The van der Waals surface area contributed by atoms with E-state index in [9.17, 15) is 14.4 Å². The monoisotopic (exact) mass is 360 g/mol. The van der Waals surface area contributed by atoms with E-state index in [2.05, 4.69) is 0 Å². The molecule has 140 valence electrons. The summed E-state index contributed by atoms with van der Waals surface area (Å²) in [5.41, 5.74) is 0.459. The van der Waals surface area contributed by atoms with Crippen LogP contribution >= 0.6 is 0 Å². The first-order valence-electron chi connectivity index (χ1n) is 8.98. The van der Waals surface area contributed by atoms with Gasteiger partial charge in [0.05, 0.1) is 31.6 Å². The molecule has 0 radical (unpaired) electrons. The van der Waals surface area contributed by atoms with Crippen molar-refractivity contribution < 1.29 is 28.6 Å². The molecule has 26 heavy (non-hydrogen) atoms. The van der Waals surface area contributed by atoms with Gasteiger partial charge in [-0.25, -0.2) is 4.79 Å². The average molecular weight is 360 g/mol. The molecule has 0 spiro atoms. The number of carbonyl (C=O) groups is 3. The van der Waals surface area contributed by atoms with E-state index < -0.39 is 23.9 Å². The van der Waals surface area contributed by atoms with Crippen LogP contribution in [-0.4, -0.2) is 38.2 Å². The fraction of sp³-hybridized carbons (Fsp3) is 0.550. The van der Waals surface area contributed by atoms with Crippen LogP contribution in [-0.2, 0) is 23.8 Å². The third kappa shape index (κ3) is 3.45. The zero-order valence-electron chi connectivity index (χ0n) is 15.1. The summed E-state index contributed by atoms with van der Waals surface area (Å²) >= 11 is 0. The maximum absolute atomic E-state index is 12.6. The molecular formula is C20H24O6. The molecule has 0 saturated heterocycles. The van der Waals surface area contributed by atoms with Crippen LogP contribution < -0.4 is 0 Å². The molecular weight excluding hydrogens is 336 g/mol. The van der Waals surface area contributed by atoms with E-state index in [1.54, 1.807) is 24.3 Å². The molecule has 2 aliphatic carbocycles. The molecule has 2 saturated carbocycles. The lowest BCUT2D eigenvalue weighted by molar-refractivity contribution is -0.169. The molecule has 1 aromatic rings. The van der Waals surface area contributed by atoms with Gasteiger partial charge in [0.15, 0.2) is 0 Å². The summed E-state index contributed by atoms with van der Waals surface area (Å²) in [6, 6.07) is 8.75. The highest BCUT2D eigenvalue weighted by molar-refractivity contribution is 5.89. The van der Waals surface area contributed by atoms with Crippen LogP contribution in [0.5, 0.6) is 0 Å². The van der Waals surface area contributed by atoms with Crippen molar-refractivity contribution in [3.8, 4) is 0 Å². The molecule has 6 nitrogen and oxygen atoms in total. The lowest BCUT2D eigenvalue weighted by Crippen LogP contribution is -2.53. The van der Waals surface area contributed by atoms with Crippen molar-refractivity contribution in [2.75, 3.05) is 14.2 Å². The van der Waals surface area contributed by atoms with Crippen LogP contribution in [0.3, 0.4) is 0 Å². The smallest absolute Gasteiger partial charge is 0.338 e. The highest BCUT2D eigenvalue weighted by Gasteiger charge is 2.53. The number of benzene rings is 1. The predicted molar refractivity (Wildman–Crippen MR) is 92.1 cm³/mol. The molecule has 2 aliphatic rings. The van der Waals surface area contributed by atoms with Gasteiger partial charge in [0.2, 0.25) is 0 Å². The van der Waals surface area contributed by atoms with Crippen molar-refractivity contribution in [1.82, 2.24) is 0 Å². The molecule has 0 aliphatic heterocycles. The fourth-order valence-electron chi connectivity index (χ4n) is 4.50. The molecule has 2 bridgehead atoms. The van der Waals surface area contributed by atoms with Gasteiger partial charge in [-0.05, 0) is 31.4 Å². The molecule has 5 atom stereocenters. The first kappa shape index (κ1) is 18.4. The molecule has 3 rings (SSSR count). The molecule has 2 fully saturated rings. The van der Waals surface area contributed by atoms with Gasteiger partial charge in [-0.15, -0.1) is 0 Å². The van der Waals surface area contributed by atoms with E-state index in [-0.39, 0.29) is 23.8 Å². The average Bonchev–Trinajstić information content (AvgIpc) is 2.67. The summed E-state index contributed by atoms with van der Waals surface area (Å²) in [5.74, 6) is -2.33. The van der Waals surface area contributed by atoms with Crippen molar-refractivity contribution >= 4 is 17.9 Å². The van der Waals surface area contributed by atoms with E-state index in [0.717, 1.165) is 19.3 Å². The molecule has 0 heterocycles. The van der Waals surface area contributed by atoms with Gasteiger partial charge >= 0.3 is 17.9 Å². The fourth-order valence-corrected chi connectivity index (χ4v) is 4.50. The minimum absolute atomic E-state index is 0.130. The van der Waals surface area contributed by atoms with Gasteiger partial charge in [-0.3, -0.25) is 9.59 Å². The van der Waals surface area contributed by atoms with Gasteiger partial charge < -0.3 is 14.2 Å². The molecule has 0 N–H and O–H groups in total. The number of hydrogen-bond acceptors (Lipinski definition) is 6. The van der Waals surface area contributed by atoms with Gasteiger partial charge in [0, 0.05) is 11.8 Å². The highest BCUT2D eigenvalue weighted by atomic mass is 16.5. The lowest BCUT2D eigenvalue weighted by Gasteiger charge is -2.47. The zero-order chi connectivity index (χ0) is 18.7. The summed E-state index contributed by atoms with van der Waals surface area (Å²) in [5, 5.41) is 0. The zero-order valence-corrected chi connectivity index (χ0v) is 15.1. The normalized spacial score (nSPS) is 30.2. The molecule has 0 amide bonds. The Hall–Kier alpha value is -2.37. The first-order chi connectivity index (χ1) is 12.6. The van der Waals surface area contributed by atoms with Crippen LogP contribution in [0, 0.1) is 23.7 Å². The second-order valence-electron chi connectivity index (χ2n) is 6.99. The van der Waals surface area contributed by atoms with Crippen molar-refractivity contribution in [3.63, 3.8) is 0 Å². The van der Waals surface area contributed by atoms with Gasteiger partial charge in [-0.1, -0.05) is 24.6 Å². The van der Waals surface area contributed by atoms with Gasteiger partial charge in [-0.2, -0.15) is 0 Å². The summed E-state index contributed by atoms with van der Waals surface area (Å²) < 4.78 is 15.7. The Morgan fingerprint density at radius 3 is 1.92 bits per heavy atom. The number of methoxy groups -OCH3 is 2. The van der Waals surface area contributed by atoms with Crippen LogP contribution in [0.2, 0.25) is 0 Å². The summed E-state index contributed by atoms with van der Waals surface area (Å²) in [6.45, 7) is 0. The number of fused-ring (bicyclic) bond motifs is 2. The number of hydrogen-bond donors (Lipinski definition) is 0. The van der Waals surface area contributed by atoms with Crippen LogP contribution in [0.1, 0.15) is 36.0 Å². The molecule has 6 heteroatoms. The Morgan fingerprint density at radius 2 is 1.42 bits per heavy atom. The molecule has 0 aromatic heterocycles. The quantitative estimate of drug-likeness (QED) is 0.607. The van der Waals surface area contributed by atoms with Crippen LogP contribution in [0.15, 0.2) is 30.3 Å². The molecule has 1 aromatic carbocycles. The number of ether oxygens (including phenoxy) is 3. The highest BCUT2D eigenvalue weighted by Crippen LogP contribution is 2.48. The second kappa shape index (κ2) is 7.89. The van der Waals surface area contributed by atoms with Crippen molar-refractivity contribution in [1.29, 1.82) is 0 Å². The van der Waals surface area contributed by atoms with E-state index in [0.29, 0.717) is 12.0 Å². The minimum atomic E-state index is -0.488. The van der Waals surface area contributed by atoms with Crippen LogP contribution in [0.4, 0.5) is 0 Å². The summed E-state index contributed by atoms with van der Waals surface area (Å²) in [7, 11) is 2.69. The predicted octanol–water partition coefficient (Wildman–Crippen LogP) is 2.61. The third-order valence-electron chi connectivity index (χ3n) is 5.72. The number of rotatable bonds is 4. The summed E-state index contributed by atoms with van der Waals surface area (Å²) in [6.07, 6.45) is 2.33. The van der Waals surface area contributed by atoms with Crippen molar-refractivity contribution in [3.05, 3.63) is 35.9 Å². The minimum Gasteiger partial charge on any atom is -0.469 e. The van der Waals surface area contributed by atoms with Gasteiger partial charge in [0.25, 0.3) is 0 Å². The molecule has 1 unspecified atom stereocenters. The topological polar surface area (TPSA) is 78.9 Å². The lowest BCUT2D eigenvalue weighted by atomic mass is 9.60. The Bertz CT molecular complexity index is 640. The standard InChI is InChI=1S/C20H24O6/c1-24-19(22)15-11-16(20(23)25-2)14-10-6-9-13(15)17(14)26-18(21)12-7-4-3-5-8-12/h3-5,7-8,13-17H,6,9-11H2,1-2H3/t13-,14+,15+,16-,17?. The SMILES string of the molecule is COC(=O)[C@H]1C[C@@H](C(=O)OC)[C@@H]2CCC[C@H]1C2OC(=O)c1ccccc1. The first-order valence-corrected chi connectivity index (χ1v) is 8.98. The third-order valence-corrected chi connectivity index (χ3v) is 5.72. The summed E-state index contributed by atoms with van der Waals surface area (Å²) in [4.78, 5) is 37.2. The Morgan fingerprint density at radius 1 is 0.885 bits per heavy atom.